The molecule has 2 aromatic rings. The summed E-state index contributed by atoms with van der Waals surface area (Å²) in [4.78, 5) is 13.0. The van der Waals surface area contributed by atoms with Gasteiger partial charge in [-0.2, -0.15) is 4.31 Å². The molecule has 1 atom stereocenters. The van der Waals surface area contributed by atoms with Crippen molar-refractivity contribution in [1.82, 2.24) is 9.62 Å². The van der Waals surface area contributed by atoms with Crippen LogP contribution in [-0.2, 0) is 10.0 Å². The van der Waals surface area contributed by atoms with E-state index in [9.17, 15) is 13.2 Å². The summed E-state index contributed by atoms with van der Waals surface area (Å²) in [5.41, 5.74) is 2.15. The molecule has 0 bridgehead atoms. The Balaban J connectivity index is 1.83. The highest BCUT2D eigenvalue weighted by molar-refractivity contribution is 7.89. The van der Waals surface area contributed by atoms with E-state index in [1.54, 1.807) is 12.1 Å². The van der Waals surface area contributed by atoms with Crippen molar-refractivity contribution >= 4 is 15.9 Å². The molecular weight excluding hydrogens is 360 g/mol. The third-order valence-corrected chi connectivity index (χ3v) is 6.95. The second-order valence-electron chi connectivity index (χ2n) is 7.05. The van der Waals surface area contributed by atoms with Gasteiger partial charge in [0.2, 0.25) is 10.0 Å². The normalized spacial score (nSPS) is 16.7. The molecule has 1 N–H and O–H groups in total. The van der Waals surface area contributed by atoms with Crippen LogP contribution in [-0.4, -0.2) is 31.7 Å². The Hall–Kier alpha value is -2.18. The standard InChI is InChI=1S/C21H26N2O3S/c1-16-11-12-19(27(25,26)23-13-7-4-8-14-23)15-20(16)21(24)22-17(2)18-9-5-3-6-10-18/h3,5-6,9-12,15,17H,4,7-8,13-14H2,1-2H3,(H,22,24). The molecule has 3 rings (SSSR count). The second kappa shape index (κ2) is 8.23. The van der Waals surface area contributed by atoms with Gasteiger partial charge in [-0.15, -0.1) is 0 Å². The number of amides is 1. The minimum absolute atomic E-state index is 0.166. The number of sulfonamides is 1. The van der Waals surface area contributed by atoms with Gasteiger partial charge in [-0.1, -0.05) is 42.8 Å². The Morgan fingerprint density at radius 3 is 2.37 bits per heavy atom. The maximum atomic E-state index is 12.9. The highest BCUT2D eigenvalue weighted by atomic mass is 32.2. The Labute approximate surface area is 161 Å². The molecule has 5 nitrogen and oxygen atoms in total. The Bertz CT molecular complexity index is 904. The largest absolute Gasteiger partial charge is 0.346 e. The van der Waals surface area contributed by atoms with E-state index in [2.05, 4.69) is 5.32 Å². The van der Waals surface area contributed by atoms with Crippen LogP contribution in [0.1, 0.15) is 53.7 Å². The molecule has 144 valence electrons. The molecule has 0 aliphatic carbocycles. The fourth-order valence-corrected chi connectivity index (χ4v) is 4.90. The van der Waals surface area contributed by atoms with Crippen molar-refractivity contribution in [1.29, 1.82) is 0 Å². The molecule has 6 heteroatoms. The Kier molecular flexibility index (Phi) is 5.97. The first-order valence-corrected chi connectivity index (χ1v) is 10.8. The van der Waals surface area contributed by atoms with Crippen molar-refractivity contribution in [3.8, 4) is 0 Å². The van der Waals surface area contributed by atoms with Gasteiger partial charge in [0.05, 0.1) is 10.9 Å². The summed E-state index contributed by atoms with van der Waals surface area (Å²) in [6.45, 7) is 4.82. The number of hydrogen-bond donors (Lipinski definition) is 1. The molecule has 0 aromatic heterocycles. The van der Waals surface area contributed by atoms with Gasteiger partial charge in [0, 0.05) is 18.7 Å². The summed E-state index contributed by atoms with van der Waals surface area (Å²) in [6, 6.07) is 14.3. The summed E-state index contributed by atoms with van der Waals surface area (Å²) in [7, 11) is -3.56. The average Bonchev–Trinajstić information content (AvgIpc) is 2.69. The first-order chi connectivity index (χ1) is 12.9. The van der Waals surface area contributed by atoms with Crippen LogP contribution in [0.25, 0.3) is 0 Å². The number of piperidine rings is 1. The lowest BCUT2D eigenvalue weighted by atomic mass is 10.1. The summed E-state index contributed by atoms with van der Waals surface area (Å²) in [6.07, 6.45) is 2.82. The number of nitrogens with zero attached hydrogens (tertiary/aromatic N) is 1. The predicted molar refractivity (Wildman–Crippen MR) is 106 cm³/mol. The van der Waals surface area contributed by atoms with Crippen molar-refractivity contribution in [3.05, 3.63) is 65.2 Å². The van der Waals surface area contributed by atoms with Gasteiger partial charge >= 0.3 is 0 Å². The van der Waals surface area contributed by atoms with E-state index >= 15 is 0 Å². The summed E-state index contributed by atoms with van der Waals surface area (Å²) in [5.74, 6) is -0.264. The fraction of sp³-hybridized carbons (Fsp3) is 0.381. The molecule has 1 fully saturated rings. The number of benzene rings is 2. The van der Waals surface area contributed by atoms with E-state index in [4.69, 9.17) is 0 Å². The second-order valence-corrected chi connectivity index (χ2v) is 8.99. The topological polar surface area (TPSA) is 66.5 Å². The third kappa shape index (κ3) is 4.39. The molecule has 1 amide bonds. The zero-order valence-electron chi connectivity index (χ0n) is 15.8. The lowest BCUT2D eigenvalue weighted by Crippen LogP contribution is -2.35. The number of nitrogens with one attached hydrogen (secondary N) is 1. The molecule has 1 aliphatic heterocycles. The minimum atomic E-state index is -3.56. The molecule has 1 unspecified atom stereocenters. The average molecular weight is 387 g/mol. The molecular formula is C21H26N2O3S. The van der Waals surface area contributed by atoms with Crippen LogP contribution in [0.4, 0.5) is 0 Å². The van der Waals surface area contributed by atoms with Gasteiger partial charge in [0.15, 0.2) is 0 Å². The minimum Gasteiger partial charge on any atom is -0.346 e. The third-order valence-electron chi connectivity index (χ3n) is 5.05. The number of aryl methyl sites for hydroxylation is 1. The summed E-state index contributed by atoms with van der Waals surface area (Å²) in [5, 5.41) is 2.96. The van der Waals surface area contributed by atoms with Gasteiger partial charge in [-0.3, -0.25) is 4.79 Å². The molecule has 1 aliphatic rings. The summed E-state index contributed by atoms with van der Waals surface area (Å²) < 4.78 is 27.3. The zero-order chi connectivity index (χ0) is 19.4. The van der Waals surface area contributed by atoms with E-state index in [1.807, 2.05) is 44.2 Å². The molecule has 2 aromatic carbocycles. The van der Waals surface area contributed by atoms with Crippen molar-refractivity contribution in [2.24, 2.45) is 0 Å². The monoisotopic (exact) mass is 386 g/mol. The van der Waals surface area contributed by atoms with E-state index in [0.717, 1.165) is 30.4 Å². The van der Waals surface area contributed by atoms with Gasteiger partial charge in [-0.25, -0.2) is 8.42 Å². The highest BCUT2D eigenvalue weighted by Crippen LogP contribution is 2.23. The summed E-state index contributed by atoms with van der Waals surface area (Å²) >= 11 is 0. The fourth-order valence-electron chi connectivity index (χ4n) is 3.36. The Morgan fingerprint density at radius 2 is 1.70 bits per heavy atom. The van der Waals surface area contributed by atoms with Crippen LogP contribution in [0.3, 0.4) is 0 Å². The first kappa shape index (κ1) is 19.6. The van der Waals surface area contributed by atoms with Gasteiger partial charge < -0.3 is 5.32 Å². The number of hydrogen-bond acceptors (Lipinski definition) is 3. The molecule has 0 spiro atoms. The maximum absolute atomic E-state index is 12.9. The van der Waals surface area contributed by atoms with Crippen molar-refractivity contribution < 1.29 is 13.2 Å². The SMILES string of the molecule is Cc1ccc(S(=O)(=O)N2CCCCC2)cc1C(=O)NC(C)c1ccccc1. The van der Waals surface area contributed by atoms with Gasteiger partial charge in [-0.05, 0) is 49.9 Å². The lowest BCUT2D eigenvalue weighted by molar-refractivity contribution is 0.0939. The van der Waals surface area contributed by atoms with Crippen LogP contribution in [0.5, 0.6) is 0 Å². The predicted octanol–water partition coefficient (Wildman–Crippen LogP) is 3.66. The van der Waals surface area contributed by atoms with E-state index < -0.39 is 10.0 Å². The lowest BCUT2D eigenvalue weighted by Gasteiger charge is -2.26. The zero-order valence-corrected chi connectivity index (χ0v) is 16.6. The molecule has 1 heterocycles. The van der Waals surface area contributed by atoms with Crippen LogP contribution >= 0.6 is 0 Å². The highest BCUT2D eigenvalue weighted by Gasteiger charge is 2.27. The molecule has 27 heavy (non-hydrogen) atoms. The van der Waals surface area contributed by atoms with E-state index in [-0.39, 0.29) is 16.8 Å². The maximum Gasteiger partial charge on any atom is 0.252 e. The van der Waals surface area contributed by atoms with Gasteiger partial charge in [0.1, 0.15) is 0 Å². The van der Waals surface area contributed by atoms with Crippen LogP contribution < -0.4 is 5.32 Å². The van der Waals surface area contributed by atoms with Crippen molar-refractivity contribution in [2.45, 2.75) is 44.0 Å². The van der Waals surface area contributed by atoms with Gasteiger partial charge in [0.25, 0.3) is 5.91 Å². The van der Waals surface area contributed by atoms with Crippen LogP contribution in [0.2, 0.25) is 0 Å². The molecule has 0 saturated carbocycles. The van der Waals surface area contributed by atoms with Crippen molar-refractivity contribution in [3.63, 3.8) is 0 Å². The van der Waals surface area contributed by atoms with Crippen LogP contribution in [0, 0.1) is 6.92 Å². The number of rotatable bonds is 5. The number of carbonyl (C=O) groups excluding carboxylic acids is 1. The Morgan fingerprint density at radius 1 is 1.04 bits per heavy atom. The number of carbonyl (C=O) groups is 1. The molecule has 0 radical (unpaired) electrons. The van der Waals surface area contributed by atoms with Crippen molar-refractivity contribution in [2.75, 3.05) is 13.1 Å². The van der Waals surface area contributed by atoms with Crippen LogP contribution in [0.15, 0.2) is 53.4 Å². The van der Waals surface area contributed by atoms with E-state index in [1.165, 1.54) is 10.4 Å². The molecule has 1 saturated heterocycles. The first-order valence-electron chi connectivity index (χ1n) is 9.36. The quantitative estimate of drug-likeness (QED) is 0.853. The smallest absolute Gasteiger partial charge is 0.252 e. The van der Waals surface area contributed by atoms with E-state index in [0.29, 0.717) is 18.7 Å².